The SMILES string of the molecule is CC(C)c1cccc2c(C=O)cc(C(=O)O[Si](c3ccccc3)(c3ccccc3)C(C)(C)C)c-2c1. The van der Waals surface area contributed by atoms with Gasteiger partial charge in [0, 0.05) is 5.56 Å². The maximum absolute atomic E-state index is 14.1. The summed E-state index contributed by atoms with van der Waals surface area (Å²) in [6.45, 7) is 10.7. The van der Waals surface area contributed by atoms with E-state index in [4.69, 9.17) is 4.43 Å². The lowest BCUT2D eigenvalue weighted by molar-refractivity contribution is 0.0720. The molecule has 0 amide bonds. The molecular weight excluding hydrogens is 448 g/mol. The van der Waals surface area contributed by atoms with E-state index in [9.17, 15) is 9.59 Å². The van der Waals surface area contributed by atoms with Gasteiger partial charge in [0.05, 0.1) is 5.56 Å². The molecule has 0 N–H and O–H groups in total. The molecule has 2 aliphatic rings. The van der Waals surface area contributed by atoms with Crippen LogP contribution < -0.4 is 10.4 Å². The van der Waals surface area contributed by atoms with E-state index in [-0.39, 0.29) is 11.0 Å². The molecule has 4 rings (SSSR count). The van der Waals surface area contributed by atoms with Gasteiger partial charge in [0.25, 0.3) is 0 Å². The highest BCUT2D eigenvalue weighted by molar-refractivity contribution is 7.00. The van der Waals surface area contributed by atoms with Crippen LogP contribution in [-0.4, -0.2) is 20.6 Å². The Labute approximate surface area is 209 Å². The van der Waals surface area contributed by atoms with E-state index in [2.05, 4.69) is 58.9 Å². The summed E-state index contributed by atoms with van der Waals surface area (Å²) in [6.07, 6.45) is 0.816. The van der Waals surface area contributed by atoms with Crippen LogP contribution in [0.15, 0.2) is 91.0 Å². The maximum Gasteiger partial charge on any atom is 0.326 e. The minimum absolute atomic E-state index is 0.278. The Morgan fingerprint density at radius 1 is 0.800 bits per heavy atom. The number of aldehydes is 1. The number of hydrogen-bond donors (Lipinski definition) is 0. The van der Waals surface area contributed by atoms with E-state index in [1.165, 1.54) is 0 Å². The summed E-state index contributed by atoms with van der Waals surface area (Å²) in [6, 6.07) is 29.8. The van der Waals surface area contributed by atoms with Gasteiger partial charge in [0.1, 0.15) is 0 Å². The van der Waals surface area contributed by atoms with Crippen molar-refractivity contribution in [2.45, 2.75) is 45.6 Å². The minimum atomic E-state index is -3.08. The number of fused-ring (bicyclic) bond motifs is 1. The zero-order chi connectivity index (χ0) is 25.2. The summed E-state index contributed by atoms with van der Waals surface area (Å²) in [7, 11) is -3.08. The van der Waals surface area contributed by atoms with Crippen LogP contribution in [0.2, 0.25) is 5.04 Å². The predicted molar refractivity (Wildman–Crippen MR) is 146 cm³/mol. The Morgan fingerprint density at radius 3 is 1.86 bits per heavy atom. The van der Waals surface area contributed by atoms with Gasteiger partial charge in [0.15, 0.2) is 6.29 Å². The molecule has 0 atom stereocenters. The van der Waals surface area contributed by atoms with Crippen LogP contribution >= 0.6 is 0 Å². The number of carbonyl (C=O) groups excluding carboxylic acids is 2. The average molecular weight is 481 g/mol. The second-order valence-corrected chi connectivity index (χ2v) is 14.6. The van der Waals surface area contributed by atoms with Gasteiger partial charge in [-0.15, -0.1) is 0 Å². The van der Waals surface area contributed by atoms with Gasteiger partial charge in [-0.25, -0.2) is 4.79 Å². The summed E-state index contributed by atoms with van der Waals surface area (Å²) in [5.74, 6) is -0.112. The lowest BCUT2D eigenvalue weighted by Crippen LogP contribution is -2.67. The molecule has 2 aliphatic carbocycles. The second-order valence-electron chi connectivity index (χ2n) is 10.3. The minimum Gasteiger partial charge on any atom is -0.506 e. The fraction of sp³-hybridized carbons (Fsp3) is 0.226. The summed E-state index contributed by atoms with van der Waals surface area (Å²) in [4.78, 5) is 26.0. The monoisotopic (exact) mass is 480 g/mol. The van der Waals surface area contributed by atoms with Gasteiger partial charge in [-0.2, -0.15) is 0 Å². The van der Waals surface area contributed by atoms with Crippen molar-refractivity contribution in [2.24, 2.45) is 0 Å². The largest absolute Gasteiger partial charge is 0.506 e. The van der Waals surface area contributed by atoms with Crippen LogP contribution in [0.3, 0.4) is 0 Å². The molecular formula is C31H32O3Si. The van der Waals surface area contributed by atoms with Crippen molar-refractivity contribution >= 4 is 30.9 Å². The molecule has 35 heavy (non-hydrogen) atoms. The van der Waals surface area contributed by atoms with Crippen molar-refractivity contribution < 1.29 is 14.0 Å². The molecule has 0 heterocycles. The van der Waals surface area contributed by atoms with Crippen molar-refractivity contribution in [2.75, 3.05) is 0 Å². The highest BCUT2D eigenvalue weighted by Crippen LogP contribution is 2.39. The van der Waals surface area contributed by atoms with Crippen molar-refractivity contribution in [1.29, 1.82) is 0 Å². The summed E-state index contributed by atoms with van der Waals surface area (Å²) in [5, 5.41) is 1.73. The molecule has 0 bridgehead atoms. The molecule has 2 aromatic carbocycles. The molecule has 0 saturated carbocycles. The standard InChI is InChI=1S/C31H32O3Si/c1-22(2)23-13-12-18-27-24(21-32)20-29(28(27)19-23)30(33)34-35(31(3,4)5,25-14-8-6-9-15-25)26-16-10-7-11-17-26/h6-22H,1-5H3. The summed E-state index contributed by atoms with van der Waals surface area (Å²) < 4.78 is 6.74. The normalized spacial score (nSPS) is 12.1. The van der Waals surface area contributed by atoms with E-state index in [1.54, 1.807) is 6.07 Å². The van der Waals surface area contributed by atoms with Crippen molar-refractivity contribution in [3.05, 3.63) is 108 Å². The molecule has 0 radical (unpaired) electrons. The number of benzene rings is 2. The molecule has 4 heteroatoms. The smallest absolute Gasteiger partial charge is 0.326 e. The Bertz CT molecular complexity index is 1260. The second kappa shape index (κ2) is 9.63. The Hall–Kier alpha value is -3.50. The molecule has 0 fully saturated rings. The van der Waals surface area contributed by atoms with Gasteiger partial charge in [0.2, 0.25) is 0 Å². The zero-order valence-electron chi connectivity index (χ0n) is 21.0. The fourth-order valence-corrected chi connectivity index (χ4v) is 9.21. The van der Waals surface area contributed by atoms with Gasteiger partial charge in [-0.1, -0.05) is 120 Å². The Kier molecular flexibility index (Phi) is 6.77. The first-order valence-corrected chi connectivity index (χ1v) is 14.0. The molecule has 0 saturated heterocycles. The third kappa shape index (κ3) is 4.46. The number of carbonyl (C=O) groups is 2. The number of rotatable bonds is 6. The van der Waals surface area contributed by atoms with Crippen LogP contribution in [-0.2, 0) is 4.43 Å². The highest BCUT2D eigenvalue weighted by Gasteiger charge is 2.53. The van der Waals surface area contributed by atoms with Crippen LogP contribution in [0.5, 0.6) is 0 Å². The lowest BCUT2D eigenvalue weighted by Gasteiger charge is -2.42. The maximum atomic E-state index is 14.1. The summed E-state index contributed by atoms with van der Waals surface area (Å²) in [5.41, 5.74) is 3.56. The van der Waals surface area contributed by atoms with Gasteiger partial charge >= 0.3 is 14.3 Å². The van der Waals surface area contributed by atoms with Crippen LogP contribution in [0.1, 0.15) is 66.8 Å². The van der Waals surface area contributed by atoms with Crippen molar-refractivity contribution in [1.82, 2.24) is 0 Å². The van der Waals surface area contributed by atoms with E-state index >= 15 is 0 Å². The van der Waals surface area contributed by atoms with E-state index < -0.39 is 14.3 Å². The molecule has 0 aromatic heterocycles. The fourth-order valence-electron chi connectivity index (χ4n) is 4.89. The molecule has 178 valence electrons. The molecule has 0 spiro atoms. The molecule has 3 nitrogen and oxygen atoms in total. The van der Waals surface area contributed by atoms with Crippen LogP contribution in [0.25, 0.3) is 11.1 Å². The van der Waals surface area contributed by atoms with Crippen LogP contribution in [0, 0.1) is 0 Å². The first-order valence-electron chi connectivity index (χ1n) is 12.1. The van der Waals surface area contributed by atoms with Crippen molar-refractivity contribution in [3.8, 4) is 11.1 Å². The first kappa shape index (κ1) is 24.6. The van der Waals surface area contributed by atoms with Gasteiger partial charge < -0.3 is 4.43 Å². The third-order valence-corrected chi connectivity index (χ3v) is 11.6. The Morgan fingerprint density at radius 2 is 1.37 bits per heavy atom. The molecule has 0 aliphatic heterocycles. The predicted octanol–water partition coefficient (Wildman–Crippen LogP) is 6.44. The first-order chi connectivity index (χ1) is 16.7. The molecule has 0 unspecified atom stereocenters. The third-order valence-electron chi connectivity index (χ3n) is 6.73. The molecule has 2 aromatic rings. The zero-order valence-corrected chi connectivity index (χ0v) is 22.0. The lowest BCUT2D eigenvalue weighted by atomic mass is 10.0. The van der Waals surface area contributed by atoms with E-state index in [0.29, 0.717) is 11.1 Å². The quantitative estimate of drug-likeness (QED) is 0.235. The van der Waals surface area contributed by atoms with E-state index in [1.807, 2.05) is 60.7 Å². The van der Waals surface area contributed by atoms with E-state index in [0.717, 1.165) is 33.3 Å². The van der Waals surface area contributed by atoms with Gasteiger partial charge in [-0.05, 0) is 44.1 Å². The topological polar surface area (TPSA) is 43.4 Å². The van der Waals surface area contributed by atoms with Gasteiger partial charge in [-0.3, -0.25) is 4.79 Å². The van der Waals surface area contributed by atoms with Crippen LogP contribution in [0.4, 0.5) is 0 Å². The average Bonchev–Trinajstić information content (AvgIpc) is 3.03. The number of hydrogen-bond acceptors (Lipinski definition) is 3. The highest BCUT2D eigenvalue weighted by atomic mass is 28.4. The summed E-state index contributed by atoms with van der Waals surface area (Å²) >= 11 is 0. The Balaban J connectivity index is 1.93. The van der Waals surface area contributed by atoms with Crippen molar-refractivity contribution in [3.63, 3.8) is 0 Å².